The molecule has 10 N–H and O–H groups in total. The number of nitrogens with zero attached hydrogens (tertiary/aromatic N) is 9. The normalized spacial score (nSPS) is 19.4. The maximum absolute atomic E-state index is 13.6. The molecular weight excluding hydrogens is 1850 g/mol. The molecule has 13 rings (SSSR count). The summed E-state index contributed by atoms with van der Waals surface area (Å²) in [5.74, 6) is -20.1. The number of aliphatic hydroxyl groups excluding tert-OH is 3. The van der Waals surface area contributed by atoms with E-state index < -0.39 is 208 Å². The van der Waals surface area contributed by atoms with E-state index in [2.05, 4.69) is 16.0 Å². The number of amides is 20. The van der Waals surface area contributed by atoms with Crippen molar-refractivity contribution in [2.45, 2.75) is 111 Å². The number of likely N-dealkylation sites (tertiary alicyclic amines) is 1. The third-order valence-corrected chi connectivity index (χ3v) is 24.6. The van der Waals surface area contributed by atoms with Crippen LogP contribution in [0.2, 0.25) is 0 Å². The molecule has 0 spiro atoms. The molecule has 744 valence electrons. The Labute approximate surface area is 848 Å². The third kappa shape index (κ3) is 29.1. The molecule has 6 saturated heterocycles. The summed E-state index contributed by atoms with van der Waals surface area (Å²) in [7, 11) is 0. The monoisotopic (exact) mass is 1960 g/mol. The van der Waals surface area contributed by atoms with Gasteiger partial charge in [-0.05, 0) is 104 Å². The van der Waals surface area contributed by atoms with Gasteiger partial charge in [0.1, 0.15) is 29.6 Å². The van der Waals surface area contributed by atoms with Gasteiger partial charge in [-0.1, -0.05) is 211 Å². The third-order valence-electron chi connectivity index (χ3n) is 24.6. The number of benzene rings is 5. The number of carbonyl (C=O) groups excluding carboxylic acids is 18. The molecule has 6 aliphatic rings. The fourth-order valence-electron chi connectivity index (χ4n) is 17.0. The number of ketones is 2. The van der Waals surface area contributed by atoms with Gasteiger partial charge in [-0.25, -0.2) is 28.8 Å². The second-order valence-corrected chi connectivity index (χ2v) is 33.9. The van der Waals surface area contributed by atoms with E-state index in [9.17, 15) is 131 Å². The molecule has 0 radical (unpaired) electrons. The first-order chi connectivity index (χ1) is 67.2. The van der Waals surface area contributed by atoms with Gasteiger partial charge in [0.2, 0.25) is 70.9 Å². The molecule has 0 bridgehead atoms. The Morgan fingerprint density at radius 1 is 0.296 bits per heavy atom. The zero-order chi connectivity index (χ0) is 102. The molecule has 6 aliphatic heterocycles. The van der Waals surface area contributed by atoms with Crippen LogP contribution in [0.15, 0.2) is 171 Å². The second kappa shape index (κ2) is 55.1. The topological polar surface area (TPSA) is 611 Å². The number of hydrogen-bond acceptors (Lipinski definition) is 29. The first-order valence-electron chi connectivity index (χ1n) is 46.2. The van der Waals surface area contributed by atoms with Crippen molar-refractivity contribution in [3.8, 4) is 34.0 Å². The molecule has 0 saturated carbocycles. The number of barbiturate groups is 4. The first-order valence-corrected chi connectivity index (χ1v) is 46.2. The zero-order valence-electron chi connectivity index (χ0n) is 79.4. The number of β-amino-alcohol motifs (C(OH)–C–C–N with tert-alkyl or cyclic N) is 3. The van der Waals surface area contributed by atoms with Crippen molar-refractivity contribution in [3.05, 3.63) is 210 Å². The summed E-state index contributed by atoms with van der Waals surface area (Å²) in [5, 5.41) is 58.3. The standard InChI is InChI=1S/C40H40N6O9.C37H58N6O12.2C10H8N2O3.Li.Na/c47-32-28(33(48)41-34(49)29(32)22-25-10-4-1-5-11-25)16-17-44(18-20-45-37(52)30(35(50)42-39(45)54)23-26-12-6-2-7-13-26)19-21-46-38(53)31(36(51)43-40(46)55)24-27-14-8-3-9-15-27;1-4-7-10-25-29(47)26(31(49)39(19-22-44)30(25)48)13-14-38(15-17-40-32(50)27(11-8-5-2)34(52)42(20-23-45)36(40)54)16-18-41-33(51)28(12-9-6-3)35(53)43(21-24-46)37(41)55;2*13-8-7(6-4-2-1-3-5-6)9(14)12-10(15)11-8;;/h1-15,28-31H,16-24H2,(H,41,48,49)(H,42,50,54)(H,43,51,55);25-28,44-46H,4-24H2,1-3H3;2*1-5H,(H3,11,12,13,14,15);;/q;;;;2*+1/p-2. The molecule has 6 fully saturated rings. The van der Waals surface area contributed by atoms with Crippen molar-refractivity contribution in [2.24, 2.45) is 47.3 Å². The number of piperidine rings is 2. The maximum Gasteiger partial charge on any atom is 1.00 e. The molecule has 142 heavy (non-hydrogen) atoms. The fraction of sp³-hybridized carbons (Fsp3) is 0.423. The Morgan fingerprint density at radius 2 is 0.563 bits per heavy atom. The number of imide groups is 10. The van der Waals surface area contributed by atoms with Crippen molar-refractivity contribution in [1.82, 2.24) is 80.0 Å². The molecule has 43 nitrogen and oxygen atoms in total. The Bertz CT molecular complexity index is 5450. The summed E-state index contributed by atoms with van der Waals surface area (Å²) < 4.78 is 0. The van der Waals surface area contributed by atoms with Crippen molar-refractivity contribution in [1.29, 1.82) is 0 Å². The van der Waals surface area contributed by atoms with E-state index in [0.29, 0.717) is 49.7 Å². The number of rotatable bonds is 41. The van der Waals surface area contributed by atoms with Crippen LogP contribution in [0.5, 0.6) is 11.8 Å². The van der Waals surface area contributed by atoms with Crippen LogP contribution in [0.1, 0.15) is 108 Å². The van der Waals surface area contributed by atoms with Crippen LogP contribution in [0, 0.1) is 47.3 Å². The molecule has 2 aromatic heterocycles. The first kappa shape index (κ1) is 114. The maximum atomic E-state index is 13.6. The van der Waals surface area contributed by atoms with E-state index in [0.717, 1.165) is 51.0 Å². The minimum Gasteiger partial charge on any atom is -0.860 e. The number of carbonyl (C=O) groups is 18. The smallest absolute Gasteiger partial charge is 0.860 e. The molecule has 0 aliphatic carbocycles. The van der Waals surface area contributed by atoms with Gasteiger partial charge in [-0.3, -0.25) is 147 Å². The van der Waals surface area contributed by atoms with Crippen LogP contribution in [-0.2, 0) is 86.4 Å². The summed E-state index contributed by atoms with van der Waals surface area (Å²) in [6.45, 7) is 2.05. The van der Waals surface area contributed by atoms with Crippen LogP contribution in [-0.4, -0.2) is 291 Å². The molecule has 7 aromatic rings. The average Bonchev–Trinajstić information content (AvgIpc) is 0.781. The van der Waals surface area contributed by atoms with Crippen molar-refractivity contribution in [2.75, 3.05) is 105 Å². The Balaban J connectivity index is 0.000000264. The number of unbranched alkanes of at least 4 members (excludes halogenated alkanes) is 3. The molecule has 8 unspecified atom stereocenters. The largest absolute Gasteiger partial charge is 1.00 e. The quantitative estimate of drug-likeness (QED) is 0.00975. The number of hydrogen-bond donors (Lipinski definition) is 10. The number of H-pyrrole nitrogens is 4. The van der Waals surface area contributed by atoms with Crippen LogP contribution in [0.4, 0.5) is 19.2 Å². The van der Waals surface area contributed by atoms with E-state index in [-0.39, 0.29) is 196 Å². The number of aromatic amines is 4. The van der Waals surface area contributed by atoms with Crippen LogP contribution in [0.25, 0.3) is 22.3 Å². The average molecular weight is 1960 g/mol. The van der Waals surface area contributed by atoms with Gasteiger partial charge in [-0.15, -0.1) is 0 Å². The second-order valence-electron chi connectivity index (χ2n) is 33.9. The predicted molar refractivity (Wildman–Crippen MR) is 493 cm³/mol. The van der Waals surface area contributed by atoms with E-state index >= 15 is 0 Å². The Morgan fingerprint density at radius 3 is 0.901 bits per heavy atom. The van der Waals surface area contributed by atoms with E-state index in [1.165, 1.54) is 0 Å². The molecular formula is C97H112LiN16NaO27. The van der Waals surface area contributed by atoms with Crippen molar-refractivity contribution < 1.29 is 160 Å². The van der Waals surface area contributed by atoms with Gasteiger partial charge in [0.15, 0.2) is 11.6 Å². The van der Waals surface area contributed by atoms with Gasteiger partial charge in [0, 0.05) is 52.4 Å². The molecule has 5 aromatic carbocycles. The fourth-order valence-corrected chi connectivity index (χ4v) is 17.0. The number of aliphatic hydroxyl groups is 3. The number of nitrogens with one attached hydrogen (secondary N) is 7. The van der Waals surface area contributed by atoms with Crippen LogP contribution >= 0.6 is 0 Å². The Kier molecular flexibility index (Phi) is 44.1. The molecule has 45 heteroatoms. The molecule has 20 amide bonds. The van der Waals surface area contributed by atoms with Gasteiger partial charge in [0.25, 0.3) is 11.1 Å². The van der Waals surface area contributed by atoms with Gasteiger partial charge in [0.05, 0.1) is 68.3 Å². The summed E-state index contributed by atoms with van der Waals surface area (Å²) in [6, 6.07) is 39.9. The summed E-state index contributed by atoms with van der Waals surface area (Å²) in [4.78, 5) is 300. The predicted octanol–water partition coefficient (Wildman–Crippen LogP) is -4.92. The van der Waals surface area contributed by atoms with Crippen LogP contribution in [0.3, 0.4) is 0 Å². The molecule has 8 atom stereocenters. The summed E-state index contributed by atoms with van der Waals surface area (Å²) in [5.41, 5.74) is 0.150. The summed E-state index contributed by atoms with van der Waals surface area (Å²) in [6.07, 6.45) is 4.38. The number of urea groups is 4. The summed E-state index contributed by atoms with van der Waals surface area (Å²) >= 11 is 0. The van der Waals surface area contributed by atoms with Crippen molar-refractivity contribution in [3.63, 3.8) is 0 Å². The Hall–Kier alpha value is -13.5. The van der Waals surface area contributed by atoms with E-state index in [4.69, 9.17) is 0 Å². The van der Waals surface area contributed by atoms with E-state index in [1.807, 2.05) is 40.7 Å². The SMILES string of the molecule is CCCCC1C(=O)C(CCN(CCN2C(=O)C(CCCC)C(=O)N(CCO)C2=O)CCN2C(=O)C(CCCC)C(=O)N(CCO)C2=O)C(=O)N(CCO)C1=O.O=C1NC(=O)C(Cc2ccccc2)C(=O)C1CCN(CCN1C(=O)NC(=O)C(Cc2ccccc2)C1=O)CCN1C(=O)NC(=O)C(Cc2ccccc2)C1=O.O=c1[nH]c([O-])c(-c2ccccc2)c(=O)[nH]1.O=c1[nH]c([O-])c(-c2ccccc2)c(=O)[nH]1.[Li+].[Na+]. The molecule has 8 heterocycles. The van der Waals surface area contributed by atoms with Crippen LogP contribution < -0.4 is 97.1 Å². The van der Waals surface area contributed by atoms with E-state index in [1.54, 1.807) is 161 Å². The zero-order valence-corrected chi connectivity index (χ0v) is 81.4. The van der Waals surface area contributed by atoms with Gasteiger partial charge in [-0.2, -0.15) is 0 Å². The minimum atomic E-state index is -1.25. The van der Waals surface area contributed by atoms with Gasteiger partial charge < -0.3 is 35.5 Å². The van der Waals surface area contributed by atoms with Gasteiger partial charge >= 0.3 is 83.9 Å². The number of Topliss-reactive ketones (excluding diaryl/α,β-unsaturated/α-hetero) is 2. The van der Waals surface area contributed by atoms with Crippen molar-refractivity contribution >= 4 is 107 Å². The minimum absolute atomic E-state index is 0. The number of aromatic nitrogens is 4.